The monoisotopic (exact) mass is 257 g/mol. The number of halogens is 1. The van der Waals surface area contributed by atoms with Gasteiger partial charge in [-0.1, -0.05) is 24.3 Å². The van der Waals surface area contributed by atoms with Crippen molar-refractivity contribution >= 4 is 17.7 Å². The second-order valence-corrected chi connectivity index (χ2v) is 3.89. The first kappa shape index (κ1) is 12.8. The highest BCUT2D eigenvalue weighted by atomic mass is 19.1. The molecule has 4 heteroatoms. The molecule has 0 spiro atoms. The lowest BCUT2D eigenvalue weighted by atomic mass is 10.2. The van der Waals surface area contributed by atoms with E-state index in [-0.39, 0.29) is 17.5 Å². The number of hydrogen-bond acceptors (Lipinski definition) is 2. The van der Waals surface area contributed by atoms with Gasteiger partial charge in [-0.25, -0.2) is 4.39 Å². The second-order valence-electron chi connectivity index (χ2n) is 3.89. The summed E-state index contributed by atoms with van der Waals surface area (Å²) in [5.74, 6) is -0.687. The number of hydrogen-bond donors (Lipinski definition) is 2. The fourth-order valence-electron chi connectivity index (χ4n) is 1.50. The zero-order valence-corrected chi connectivity index (χ0v) is 10.0. The third-order valence-corrected chi connectivity index (χ3v) is 2.46. The van der Waals surface area contributed by atoms with E-state index in [0.717, 1.165) is 0 Å². The molecule has 0 heterocycles. The van der Waals surface area contributed by atoms with Crippen LogP contribution in [0.5, 0.6) is 5.75 Å². The molecule has 2 N–H and O–H groups in total. The normalized spacial score (nSPS) is 10.6. The molecule has 0 fully saturated rings. The molecule has 2 rings (SSSR count). The minimum atomic E-state index is -0.370. The van der Waals surface area contributed by atoms with E-state index in [2.05, 4.69) is 5.32 Å². The van der Waals surface area contributed by atoms with E-state index >= 15 is 0 Å². The average molecular weight is 257 g/mol. The fraction of sp³-hybridized carbons (Fsp3) is 0. The van der Waals surface area contributed by atoms with Gasteiger partial charge < -0.3 is 10.4 Å². The molecule has 0 aliphatic heterocycles. The molecular weight excluding hydrogens is 245 g/mol. The molecule has 0 bridgehead atoms. The first-order valence-electron chi connectivity index (χ1n) is 5.68. The van der Waals surface area contributed by atoms with E-state index in [1.807, 2.05) is 0 Å². The fourth-order valence-corrected chi connectivity index (χ4v) is 1.50. The van der Waals surface area contributed by atoms with Crippen molar-refractivity contribution in [1.29, 1.82) is 0 Å². The lowest BCUT2D eigenvalue weighted by Gasteiger charge is -2.03. The van der Waals surface area contributed by atoms with Gasteiger partial charge >= 0.3 is 0 Å². The van der Waals surface area contributed by atoms with Crippen molar-refractivity contribution in [2.75, 3.05) is 5.32 Å². The van der Waals surface area contributed by atoms with Crippen LogP contribution >= 0.6 is 0 Å². The van der Waals surface area contributed by atoms with Crippen molar-refractivity contribution in [3.8, 4) is 5.75 Å². The van der Waals surface area contributed by atoms with Gasteiger partial charge in [0.15, 0.2) is 0 Å². The van der Waals surface area contributed by atoms with Gasteiger partial charge in [-0.3, -0.25) is 4.79 Å². The second kappa shape index (κ2) is 5.82. The highest BCUT2D eigenvalue weighted by molar-refractivity contribution is 6.02. The summed E-state index contributed by atoms with van der Waals surface area (Å²) in [4.78, 5) is 11.6. The molecule has 1 amide bonds. The minimum absolute atomic E-state index is 0.00559. The van der Waals surface area contributed by atoms with Gasteiger partial charge in [0.25, 0.3) is 0 Å². The average Bonchev–Trinajstić information content (AvgIpc) is 2.41. The molecular formula is C15H12FNO2. The minimum Gasteiger partial charge on any atom is -0.506 e. The molecule has 0 atom stereocenters. The molecule has 0 saturated heterocycles. The Kier molecular flexibility index (Phi) is 3.93. The Bertz CT molecular complexity index is 606. The highest BCUT2D eigenvalue weighted by Gasteiger charge is 2.01. The van der Waals surface area contributed by atoms with E-state index in [4.69, 9.17) is 0 Å². The predicted molar refractivity (Wildman–Crippen MR) is 72.2 cm³/mol. The molecule has 0 saturated carbocycles. The number of para-hydroxylation sites is 2. The Labute approximate surface area is 110 Å². The maximum absolute atomic E-state index is 12.7. The van der Waals surface area contributed by atoms with E-state index in [1.165, 1.54) is 24.3 Å². The van der Waals surface area contributed by atoms with Gasteiger partial charge in [0, 0.05) is 6.08 Å². The van der Waals surface area contributed by atoms with E-state index < -0.39 is 0 Å². The number of nitrogens with one attached hydrogen (secondary N) is 1. The maximum Gasteiger partial charge on any atom is 0.248 e. The summed E-state index contributed by atoms with van der Waals surface area (Å²) in [5.41, 5.74) is 1.06. The van der Waals surface area contributed by atoms with Crippen molar-refractivity contribution in [3.63, 3.8) is 0 Å². The van der Waals surface area contributed by atoms with Crippen LogP contribution in [0.25, 0.3) is 6.08 Å². The molecule has 0 aliphatic carbocycles. The van der Waals surface area contributed by atoms with Crippen molar-refractivity contribution in [3.05, 3.63) is 66.0 Å². The van der Waals surface area contributed by atoms with Crippen molar-refractivity contribution in [2.45, 2.75) is 0 Å². The van der Waals surface area contributed by atoms with Gasteiger partial charge in [-0.05, 0) is 35.9 Å². The van der Waals surface area contributed by atoms with Crippen molar-refractivity contribution in [2.24, 2.45) is 0 Å². The molecule has 96 valence electrons. The number of anilines is 1. The third kappa shape index (κ3) is 3.67. The van der Waals surface area contributed by atoms with Crippen molar-refractivity contribution in [1.82, 2.24) is 0 Å². The largest absolute Gasteiger partial charge is 0.506 e. The number of benzene rings is 2. The third-order valence-electron chi connectivity index (χ3n) is 2.46. The van der Waals surface area contributed by atoms with E-state index in [1.54, 1.807) is 36.4 Å². The Balaban J connectivity index is 2.02. The SMILES string of the molecule is O=C(/C=C/c1ccc(F)cc1)Nc1ccccc1O. The van der Waals surface area contributed by atoms with Crippen LogP contribution < -0.4 is 5.32 Å². The zero-order valence-electron chi connectivity index (χ0n) is 10.0. The van der Waals surface area contributed by atoms with Crippen LogP contribution in [0.2, 0.25) is 0 Å². The quantitative estimate of drug-likeness (QED) is 0.655. The Morgan fingerprint density at radius 2 is 1.79 bits per heavy atom. The number of amides is 1. The summed E-state index contributed by atoms with van der Waals surface area (Å²) in [6, 6.07) is 12.2. The molecule has 0 radical (unpaired) electrons. The van der Waals surface area contributed by atoms with E-state index in [0.29, 0.717) is 11.3 Å². The first-order valence-corrected chi connectivity index (χ1v) is 5.68. The topological polar surface area (TPSA) is 49.3 Å². The standard InChI is InChI=1S/C15H12FNO2/c16-12-8-5-11(6-9-12)7-10-15(19)17-13-3-1-2-4-14(13)18/h1-10,18H,(H,17,19)/b10-7+. The van der Waals surface area contributed by atoms with Gasteiger partial charge in [0.05, 0.1) is 5.69 Å². The molecule has 19 heavy (non-hydrogen) atoms. The molecule has 0 aliphatic rings. The molecule has 3 nitrogen and oxygen atoms in total. The molecule has 0 aromatic heterocycles. The summed E-state index contributed by atoms with van der Waals surface area (Å²) >= 11 is 0. The van der Waals surface area contributed by atoms with Gasteiger partial charge in [-0.15, -0.1) is 0 Å². The van der Waals surface area contributed by atoms with Crippen LogP contribution in [0.4, 0.5) is 10.1 Å². The van der Waals surface area contributed by atoms with Crippen LogP contribution in [-0.2, 0) is 4.79 Å². The van der Waals surface area contributed by atoms with Crippen LogP contribution in [0.3, 0.4) is 0 Å². The van der Waals surface area contributed by atoms with Crippen LogP contribution in [0.15, 0.2) is 54.6 Å². The van der Waals surface area contributed by atoms with Crippen LogP contribution in [-0.4, -0.2) is 11.0 Å². The molecule has 0 unspecified atom stereocenters. The Morgan fingerprint density at radius 1 is 1.11 bits per heavy atom. The molecule has 2 aromatic carbocycles. The lowest BCUT2D eigenvalue weighted by Crippen LogP contribution is -2.07. The highest BCUT2D eigenvalue weighted by Crippen LogP contribution is 2.21. The summed E-state index contributed by atoms with van der Waals surface area (Å²) in [7, 11) is 0. The number of carbonyl (C=O) groups excluding carboxylic acids is 1. The lowest BCUT2D eigenvalue weighted by molar-refractivity contribution is -0.111. The maximum atomic E-state index is 12.7. The summed E-state index contributed by atoms with van der Waals surface area (Å²) in [6.45, 7) is 0. The summed E-state index contributed by atoms with van der Waals surface area (Å²) < 4.78 is 12.7. The number of aromatic hydroxyl groups is 1. The smallest absolute Gasteiger partial charge is 0.248 e. The van der Waals surface area contributed by atoms with Gasteiger partial charge in [0.2, 0.25) is 5.91 Å². The summed E-state index contributed by atoms with van der Waals surface area (Å²) in [6.07, 6.45) is 2.88. The van der Waals surface area contributed by atoms with Crippen LogP contribution in [0, 0.1) is 5.82 Å². The molecule has 2 aromatic rings. The first-order chi connectivity index (χ1) is 9.15. The Morgan fingerprint density at radius 3 is 2.47 bits per heavy atom. The van der Waals surface area contributed by atoms with Gasteiger partial charge in [0.1, 0.15) is 11.6 Å². The van der Waals surface area contributed by atoms with E-state index in [9.17, 15) is 14.3 Å². The number of phenolic OH excluding ortho intramolecular Hbond substituents is 1. The summed E-state index contributed by atoms with van der Waals surface area (Å²) in [5, 5.41) is 12.0. The Hall–Kier alpha value is -2.62. The number of rotatable bonds is 3. The number of phenols is 1. The van der Waals surface area contributed by atoms with Gasteiger partial charge in [-0.2, -0.15) is 0 Å². The number of carbonyl (C=O) groups is 1. The zero-order chi connectivity index (χ0) is 13.7. The van der Waals surface area contributed by atoms with Crippen LogP contribution in [0.1, 0.15) is 5.56 Å². The predicted octanol–water partition coefficient (Wildman–Crippen LogP) is 3.18. The van der Waals surface area contributed by atoms with Crippen molar-refractivity contribution < 1.29 is 14.3 Å².